The van der Waals surface area contributed by atoms with E-state index in [4.69, 9.17) is 0 Å². The minimum atomic E-state index is -0.295. The quantitative estimate of drug-likeness (QED) is 0.774. The third kappa shape index (κ3) is 3.63. The van der Waals surface area contributed by atoms with Gasteiger partial charge in [0.1, 0.15) is 0 Å². The molecule has 0 spiro atoms. The first kappa shape index (κ1) is 14.2. The number of carbonyl (C=O) groups excluding carboxylic acids is 2. The topological polar surface area (TPSA) is 73.5 Å². The largest absolute Gasteiger partial charge is 0.336 e. The van der Waals surface area contributed by atoms with E-state index in [2.05, 4.69) is 16.0 Å². The average Bonchev–Trinajstić information content (AvgIpc) is 2.73. The zero-order valence-corrected chi connectivity index (χ0v) is 12.0. The lowest BCUT2D eigenvalue weighted by atomic mass is 10.1. The molecule has 20 heavy (non-hydrogen) atoms. The first-order valence-electron chi connectivity index (χ1n) is 6.60. The fourth-order valence-corrected chi connectivity index (χ4v) is 1.97. The van der Waals surface area contributed by atoms with Crippen molar-refractivity contribution in [3.05, 3.63) is 24.3 Å². The molecule has 1 saturated heterocycles. The molecule has 0 saturated carbocycles. The molecule has 4 amide bonds. The summed E-state index contributed by atoms with van der Waals surface area (Å²) < 4.78 is 0. The van der Waals surface area contributed by atoms with Crippen molar-refractivity contribution in [1.82, 2.24) is 10.6 Å². The number of urea groups is 2. The lowest BCUT2D eigenvalue weighted by Crippen LogP contribution is -2.43. The van der Waals surface area contributed by atoms with Crippen molar-refractivity contribution in [2.45, 2.75) is 26.3 Å². The van der Waals surface area contributed by atoms with E-state index < -0.39 is 0 Å². The Bertz CT molecular complexity index is 522. The molecule has 6 nitrogen and oxygen atoms in total. The van der Waals surface area contributed by atoms with Gasteiger partial charge in [0.15, 0.2) is 0 Å². The molecule has 0 aliphatic carbocycles. The molecule has 1 heterocycles. The lowest BCUT2D eigenvalue weighted by molar-refractivity contribution is 0.243. The number of nitrogens with one attached hydrogen (secondary N) is 3. The Labute approximate surface area is 118 Å². The number of anilines is 2. The lowest BCUT2D eigenvalue weighted by Gasteiger charge is -2.21. The van der Waals surface area contributed by atoms with Gasteiger partial charge >= 0.3 is 12.1 Å². The molecule has 0 unspecified atom stereocenters. The van der Waals surface area contributed by atoms with Gasteiger partial charge in [0.25, 0.3) is 0 Å². The van der Waals surface area contributed by atoms with Crippen molar-refractivity contribution >= 4 is 23.4 Å². The highest BCUT2D eigenvalue weighted by molar-refractivity contribution is 5.95. The molecule has 6 heteroatoms. The zero-order valence-electron chi connectivity index (χ0n) is 12.0. The number of amides is 4. The summed E-state index contributed by atoms with van der Waals surface area (Å²) in [5.41, 5.74) is 1.13. The summed E-state index contributed by atoms with van der Waals surface area (Å²) in [6.45, 7) is 7.02. The van der Waals surface area contributed by atoms with Gasteiger partial charge in [-0.25, -0.2) is 9.59 Å². The van der Waals surface area contributed by atoms with Crippen LogP contribution in [0.1, 0.15) is 20.8 Å². The Hall–Kier alpha value is -2.24. The molecule has 1 aliphatic rings. The van der Waals surface area contributed by atoms with Crippen LogP contribution in [-0.4, -0.2) is 30.7 Å². The van der Waals surface area contributed by atoms with E-state index in [0.717, 1.165) is 5.69 Å². The molecular weight excluding hydrogens is 256 g/mol. The molecule has 0 aromatic heterocycles. The number of rotatable bonds is 2. The highest BCUT2D eigenvalue weighted by Gasteiger charge is 2.21. The standard InChI is InChI=1S/C14H20N4O2/c1-14(2,3)17-12(19)16-10-5-4-6-11(9-10)18-8-7-15-13(18)20/h4-6,9H,7-8H2,1-3H3,(H,15,20)(H2,16,17,19). The zero-order chi connectivity index (χ0) is 14.8. The van der Waals surface area contributed by atoms with E-state index >= 15 is 0 Å². The first-order chi connectivity index (χ1) is 9.35. The van der Waals surface area contributed by atoms with E-state index in [-0.39, 0.29) is 17.6 Å². The number of hydrogen-bond acceptors (Lipinski definition) is 2. The summed E-state index contributed by atoms with van der Waals surface area (Å²) in [5.74, 6) is 0. The van der Waals surface area contributed by atoms with E-state index in [0.29, 0.717) is 18.8 Å². The van der Waals surface area contributed by atoms with Gasteiger partial charge in [-0.1, -0.05) is 6.07 Å². The minimum Gasteiger partial charge on any atom is -0.336 e. The minimum absolute atomic E-state index is 0.110. The van der Waals surface area contributed by atoms with Gasteiger partial charge in [0, 0.05) is 30.0 Å². The summed E-state index contributed by atoms with van der Waals surface area (Å²) in [7, 11) is 0. The predicted molar refractivity (Wildman–Crippen MR) is 79.1 cm³/mol. The van der Waals surface area contributed by atoms with Crippen LogP contribution in [0.15, 0.2) is 24.3 Å². The Morgan fingerprint density at radius 2 is 2.10 bits per heavy atom. The van der Waals surface area contributed by atoms with E-state index in [1.807, 2.05) is 32.9 Å². The smallest absolute Gasteiger partial charge is 0.321 e. The number of benzene rings is 1. The van der Waals surface area contributed by atoms with Crippen molar-refractivity contribution in [2.75, 3.05) is 23.3 Å². The van der Waals surface area contributed by atoms with Gasteiger partial charge in [0.05, 0.1) is 0 Å². The number of carbonyl (C=O) groups is 2. The highest BCUT2D eigenvalue weighted by atomic mass is 16.2. The van der Waals surface area contributed by atoms with Gasteiger partial charge in [0.2, 0.25) is 0 Å². The SMILES string of the molecule is CC(C)(C)NC(=O)Nc1cccc(N2CCNC2=O)c1. The van der Waals surface area contributed by atoms with Gasteiger partial charge in [-0.05, 0) is 39.0 Å². The second kappa shape index (κ2) is 5.40. The second-order valence-electron chi connectivity index (χ2n) is 5.76. The maximum atomic E-state index is 11.8. The molecule has 1 aromatic carbocycles. The predicted octanol–water partition coefficient (Wildman–Crippen LogP) is 2.14. The van der Waals surface area contributed by atoms with Crippen LogP contribution in [0.4, 0.5) is 21.0 Å². The van der Waals surface area contributed by atoms with Crippen molar-refractivity contribution in [1.29, 1.82) is 0 Å². The third-order valence-electron chi connectivity index (χ3n) is 2.76. The molecular formula is C14H20N4O2. The second-order valence-corrected chi connectivity index (χ2v) is 5.76. The Morgan fingerprint density at radius 3 is 2.70 bits per heavy atom. The average molecular weight is 276 g/mol. The maximum absolute atomic E-state index is 11.8. The summed E-state index contributed by atoms with van der Waals surface area (Å²) >= 11 is 0. The summed E-state index contributed by atoms with van der Waals surface area (Å²) in [6, 6.07) is 6.86. The van der Waals surface area contributed by atoms with Crippen molar-refractivity contribution in [2.24, 2.45) is 0 Å². The summed E-state index contributed by atoms with van der Waals surface area (Å²) in [6.07, 6.45) is 0. The van der Waals surface area contributed by atoms with Crippen molar-refractivity contribution in [3.8, 4) is 0 Å². The molecule has 0 radical (unpaired) electrons. The van der Waals surface area contributed by atoms with Crippen LogP contribution >= 0.6 is 0 Å². The van der Waals surface area contributed by atoms with Crippen molar-refractivity contribution in [3.63, 3.8) is 0 Å². The van der Waals surface area contributed by atoms with E-state index in [1.54, 1.807) is 17.0 Å². The molecule has 3 N–H and O–H groups in total. The molecule has 108 valence electrons. The van der Waals surface area contributed by atoms with Gasteiger partial charge < -0.3 is 16.0 Å². The molecule has 1 aromatic rings. The van der Waals surface area contributed by atoms with E-state index in [9.17, 15) is 9.59 Å². The highest BCUT2D eigenvalue weighted by Crippen LogP contribution is 2.21. The fraction of sp³-hybridized carbons (Fsp3) is 0.429. The summed E-state index contributed by atoms with van der Waals surface area (Å²) in [4.78, 5) is 25.1. The molecule has 1 fully saturated rings. The van der Waals surface area contributed by atoms with Crippen LogP contribution in [0.3, 0.4) is 0 Å². The van der Waals surface area contributed by atoms with E-state index in [1.165, 1.54) is 0 Å². The Balaban J connectivity index is 2.06. The molecule has 1 aliphatic heterocycles. The third-order valence-corrected chi connectivity index (χ3v) is 2.76. The van der Waals surface area contributed by atoms with Crippen LogP contribution in [0.25, 0.3) is 0 Å². The number of hydrogen-bond donors (Lipinski definition) is 3. The normalized spacial score (nSPS) is 14.9. The molecule has 0 bridgehead atoms. The van der Waals surface area contributed by atoms with Gasteiger partial charge in [-0.3, -0.25) is 4.90 Å². The van der Waals surface area contributed by atoms with Crippen LogP contribution in [-0.2, 0) is 0 Å². The Kier molecular flexibility index (Phi) is 3.83. The van der Waals surface area contributed by atoms with Crippen molar-refractivity contribution < 1.29 is 9.59 Å². The monoisotopic (exact) mass is 276 g/mol. The molecule has 2 rings (SSSR count). The summed E-state index contributed by atoms with van der Waals surface area (Å²) in [5, 5.41) is 8.34. The number of nitrogens with zero attached hydrogens (tertiary/aromatic N) is 1. The maximum Gasteiger partial charge on any atom is 0.321 e. The van der Waals surface area contributed by atoms with Crippen LogP contribution in [0.2, 0.25) is 0 Å². The molecule has 0 atom stereocenters. The van der Waals surface area contributed by atoms with Crippen LogP contribution in [0.5, 0.6) is 0 Å². The first-order valence-corrected chi connectivity index (χ1v) is 6.60. The Morgan fingerprint density at radius 1 is 1.35 bits per heavy atom. The van der Waals surface area contributed by atoms with Gasteiger partial charge in [-0.15, -0.1) is 0 Å². The van der Waals surface area contributed by atoms with Gasteiger partial charge in [-0.2, -0.15) is 0 Å². The van der Waals surface area contributed by atoms with Crippen LogP contribution < -0.4 is 20.9 Å². The van der Waals surface area contributed by atoms with Crippen LogP contribution in [0, 0.1) is 0 Å². The fourth-order valence-electron chi connectivity index (χ4n) is 1.97.